The average Bonchev–Trinajstić information content (AvgIpc) is 2.87. The van der Waals surface area contributed by atoms with E-state index in [9.17, 15) is 9.59 Å². The van der Waals surface area contributed by atoms with Gasteiger partial charge in [0.2, 0.25) is 5.91 Å². The van der Waals surface area contributed by atoms with Gasteiger partial charge in [0.15, 0.2) is 0 Å². The van der Waals surface area contributed by atoms with E-state index in [0.717, 1.165) is 16.5 Å². The van der Waals surface area contributed by atoms with Crippen LogP contribution in [-0.2, 0) is 16.0 Å². The molecule has 2 aromatic rings. The molecule has 2 rings (SSSR count). The third kappa shape index (κ3) is 3.62. The zero-order valence-corrected chi connectivity index (χ0v) is 12.2. The predicted molar refractivity (Wildman–Crippen MR) is 81.0 cm³/mol. The Morgan fingerprint density at radius 1 is 1.29 bits per heavy atom. The minimum absolute atomic E-state index is 0.124. The Hall–Kier alpha value is -2.30. The topological polar surface area (TPSA) is 82.2 Å². The Kier molecular flexibility index (Phi) is 4.62. The number of benzene rings is 1. The molecule has 0 aliphatic heterocycles. The number of amides is 1. The third-order valence-electron chi connectivity index (χ3n) is 3.82. The van der Waals surface area contributed by atoms with Gasteiger partial charge in [-0.05, 0) is 31.9 Å². The number of rotatable bonds is 6. The van der Waals surface area contributed by atoms with Gasteiger partial charge in [-0.1, -0.05) is 18.2 Å². The summed E-state index contributed by atoms with van der Waals surface area (Å²) in [6.07, 6.45) is 2.89. The molecule has 21 heavy (non-hydrogen) atoms. The highest BCUT2D eigenvalue weighted by Crippen LogP contribution is 2.18. The number of hydrogen-bond donors (Lipinski definition) is 3. The van der Waals surface area contributed by atoms with Crippen LogP contribution in [0, 0.1) is 5.92 Å². The summed E-state index contributed by atoms with van der Waals surface area (Å²) in [6.45, 7) is 3.30. The van der Waals surface area contributed by atoms with Crippen molar-refractivity contribution in [2.75, 3.05) is 0 Å². The van der Waals surface area contributed by atoms with Crippen LogP contribution in [0.4, 0.5) is 0 Å². The molecule has 5 heteroatoms. The van der Waals surface area contributed by atoms with Crippen LogP contribution < -0.4 is 5.32 Å². The number of aliphatic carboxylic acids is 1. The number of nitrogens with one attached hydrogen (secondary N) is 2. The molecule has 0 aliphatic rings. The van der Waals surface area contributed by atoms with Crippen LogP contribution in [0.1, 0.15) is 25.8 Å². The maximum absolute atomic E-state index is 11.9. The van der Waals surface area contributed by atoms with Crippen molar-refractivity contribution in [3.63, 3.8) is 0 Å². The van der Waals surface area contributed by atoms with Crippen molar-refractivity contribution in [2.24, 2.45) is 5.92 Å². The predicted octanol–water partition coefficient (Wildman–Crippen LogP) is 2.33. The molecule has 1 heterocycles. The largest absolute Gasteiger partial charge is 0.481 e. The van der Waals surface area contributed by atoms with Gasteiger partial charge in [-0.15, -0.1) is 0 Å². The summed E-state index contributed by atoms with van der Waals surface area (Å²) in [5.41, 5.74) is 2.15. The lowest BCUT2D eigenvalue weighted by Crippen LogP contribution is -2.40. The van der Waals surface area contributed by atoms with Crippen LogP contribution in [0.5, 0.6) is 0 Å². The highest BCUT2D eigenvalue weighted by Gasteiger charge is 2.20. The Bertz CT molecular complexity index is 648. The Balaban J connectivity index is 1.91. The van der Waals surface area contributed by atoms with Gasteiger partial charge in [0.25, 0.3) is 0 Å². The molecule has 2 atom stereocenters. The minimum atomic E-state index is -0.903. The van der Waals surface area contributed by atoms with Gasteiger partial charge in [-0.3, -0.25) is 9.59 Å². The van der Waals surface area contributed by atoms with E-state index < -0.39 is 11.9 Å². The molecular weight excluding hydrogens is 268 g/mol. The molecule has 112 valence electrons. The molecule has 0 spiro atoms. The van der Waals surface area contributed by atoms with Crippen molar-refractivity contribution in [3.05, 3.63) is 36.0 Å². The average molecular weight is 288 g/mol. The number of carboxylic acids is 1. The van der Waals surface area contributed by atoms with E-state index in [4.69, 9.17) is 5.11 Å². The van der Waals surface area contributed by atoms with Crippen molar-refractivity contribution >= 4 is 22.8 Å². The van der Waals surface area contributed by atoms with E-state index in [2.05, 4.69) is 10.3 Å². The second-order valence-electron chi connectivity index (χ2n) is 5.34. The lowest BCUT2D eigenvalue weighted by molar-refractivity contribution is -0.142. The molecule has 5 nitrogen and oxygen atoms in total. The van der Waals surface area contributed by atoms with Gasteiger partial charge in [0.05, 0.1) is 5.92 Å². The lowest BCUT2D eigenvalue weighted by Gasteiger charge is -2.17. The van der Waals surface area contributed by atoms with Gasteiger partial charge >= 0.3 is 5.97 Å². The van der Waals surface area contributed by atoms with Crippen LogP contribution in [0.3, 0.4) is 0 Å². The summed E-state index contributed by atoms with van der Waals surface area (Å²) in [5.74, 6) is -1.62. The Morgan fingerprint density at radius 2 is 2.00 bits per heavy atom. The van der Waals surface area contributed by atoms with Crippen LogP contribution in [0.2, 0.25) is 0 Å². The first-order valence-corrected chi connectivity index (χ1v) is 7.06. The fraction of sp³-hybridized carbons (Fsp3) is 0.375. The van der Waals surface area contributed by atoms with Gasteiger partial charge in [-0.25, -0.2) is 0 Å². The summed E-state index contributed by atoms with van der Waals surface area (Å²) in [7, 11) is 0. The van der Waals surface area contributed by atoms with Crippen molar-refractivity contribution < 1.29 is 14.7 Å². The molecule has 2 unspecified atom stereocenters. The second-order valence-corrected chi connectivity index (χ2v) is 5.34. The first kappa shape index (κ1) is 15.1. The Morgan fingerprint density at radius 3 is 2.71 bits per heavy atom. The van der Waals surface area contributed by atoms with Gasteiger partial charge in [-0.2, -0.15) is 0 Å². The number of carboxylic acid groups (broad SMARTS) is 1. The molecule has 1 aromatic heterocycles. The standard InChI is InChI=1S/C16H20N2O3/c1-10(16(20)21)11(2)18-15(19)8-7-12-9-17-14-6-4-3-5-13(12)14/h3-6,9-11,17H,7-8H2,1-2H3,(H,18,19)(H,20,21). The third-order valence-corrected chi connectivity index (χ3v) is 3.82. The highest BCUT2D eigenvalue weighted by atomic mass is 16.4. The molecule has 3 N–H and O–H groups in total. The summed E-state index contributed by atoms with van der Waals surface area (Å²) in [4.78, 5) is 25.9. The van der Waals surface area contributed by atoms with Crippen LogP contribution in [-0.4, -0.2) is 28.0 Å². The van der Waals surface area contributed by atoms with Gasteiger partial charge < -0.3 is 15.4 Å². The van der Waals surface area contributed by atoms with Crippen molar-refractivity contribution in [3.8, 4) is 0 Å². The number of fused-ring (bicyclic) bond motifs is 1. The Labute approximate surface area is 123 Å². The number of carbonyl (C=O) groups excluding carboxylic acids is 1. The summed E-state index contributed by atoms with van der Waals surface area (Å²) in [5, 5.41) is 12.8. The van der Waals surface area contributed by atoms with E-state index in [1.807, 2.05) is 30.5 Å². The van der Waals surface area contributed by atoms with E-state index in [1.165, 1.54) is 0 Å². The lowest BCUT2D eigenvalue weighted by atomic mass is 10.0. The van der Waals surface area contributed by atoms with E-state index in [1.54, 1.807) is 13.8 Å². The molecule has 1 amide bonds. The number of aromatic amines is 1. The van der Waals surface area contributed by atoms with Crippen molar-refractivity contribution in [2.45, 2.75) is 32.7 Å². The maximum atomic E-state index is 11.9. The second kappa shape index (κ2) is 6.43. The van der Waals surface area contributed by atoms with Crippen molar-refractivity contribution in [1.29, 1.82) is 0 Å². The number of carbonyl (C=O) groups is 2. The molecule has 0 saturated carbocycles. The molecule has 1 aromatic carbocycles. The quantitative estimate of drug-likeness (QED) is 0.763. The maximum Gasteiger partial charge on any atom is 0.308 e. The molecule has 0 saturated heterocycles. The van der Waals surface area contributed by atoms with E-state index in [0.29, 0.717) is 12.8 Å². The van der Waals surface area contributed by atoms with Crippen LogP contribution in [0.25, 0.3) is 10.9 Å². The van der Waals surface area contributed by atoms with Gasteiger partial charge in [0, 0.05) is 29.6 Å². The summed E-state index contributed by atoms with van der Waals surface area (Å²) < 4.78 is 0. The minimum Gasteiger partial charge on any atom is -0.481 e. The SMILES string of the molecule is CC(NC(=O)CCc1c[nH]c2ccccc12)C(C)C(=O)O. The number of aromatic nitrogens is 1. The molecule has 0 bridgehead atoms. The van der Waals surface area contributed by atoms with Crippen LogP contribution in [0.15, 0.2) is 30.5 Å². The number of H-pyrrole nitrogens is 1. The zero-order chi connectivity index (χ0) is 15.4. The number of aryl methyl sites for hydroxylation is 1. The molecule has 0 radical (unpaired) electrons. The van der Waals surface area contributed by atoms with Crippen LogP contribution >= 0.6 is 0 Å². The molecule has 0 fully saturated rings. The molecule has 0 aliphatic carbocycles. The van der Waals surface area contributed by atoms with Crippen molar-refractivity contribution in [1.82, 2.24) is 10.3 Å². The first-order valence-electron chi connectivity index (χ1n) is 7.06. The monoisotopic (exact) mass is 288 g/mol. The normalized spacial score (nSPS) is 13.8. The molecular formula is C16H20N2O3. The van der Waals surface area contributed by atoms with Gasteiger partial charge in [0.1, 0.15) is 0 Å². The zero-order valence-electron chi connectivity index (χ0n) is 12.2. The van der Waals surface area contributed by atoms with E-state index in [-0.39, 0.29) is 11.9 Å². The smallest absolute Gasteiger partial charge is 0.308 e. The number of para-hydroxylation sites is 1. The highest BCUT2D eigenvalue weighted by molar-refractivity contribution is 5.84. The van der Waals surface area contributed by atoms with E-state index >= 15 is 0 Å². The summed E-state index contributed by atoms with van der Waals surface area (Å²) >= 11 is 0. The fourth-order valence-electron chi connectivity index (χ4n) is 2.25. The fourth-order valence-corrected chi connectivity index (χ4v) is 2.25. The summed E-state index contributed by atoms with van der Waals surface area (Å²) in [6, 6.07) is 7.57. The first-order chi connectivity index (χ1) is 9.99. The number of hydrogen-bond acceptors (Lipinski definition) is 2.